The number of carbonyl (C=O) groups is 3. The topological polar surface area (TPSA) is 69.7 Å². The highest BCUT2D eigenvalue weighted by Gasteiger charge is 2.36. The molecule has 112 valence electrons. The standard InChI is InChI=1S/C17H14O5/c18-14-7-8-15(19)17(14)22-16(20)10-21-13-6-5-11-3-1-2-4-12(11)9-13/h1-6,9,17H,7-8,10H2. The number of carbonyl (C=O) groups excluding carboxylic acids is 3. The maximum absolute atomic E-state index is 11.7. The van der Waals surface area contributed by atoms with Crippen LogP contribution in [0.25, 0.3) is 10.8 Å². The van der Waals surface area contributed by atoms with Crippen molar-refractivity contribution in [3.63, 3.8) is 0 Å². The van der Waals surface area contributed by atoms with Gasteiger partial charge in [0, 0.05) is 12.8 Å². The Morgan fingerprint density at radius 2 is 1.68 bits per heavy atom. The van der Waals surface area contributed by atoms with E-state index in [4.69, 9.17) is 9.47 Å². The Kier molecular flexibility index (Phi) is 3.87. The molecule has 2 aromatic carbocycles. The van der Waals surface area contributed by atoms with Crippen LogP contribution < -0.4 is 4.74 Å². The highest BCUT2D eigenvalue weighted by atomic mass is 16.6. The molecule has 0 spiro atoms. The van der Waals surface area contributed by atoms with Crippen LogP contribution in [0.1, 0.15) is 12.8 Å². The van der Waals surface area contributed by atoms with Crippen molar-refractivity contribution < 1.29 is 23.9 Å². The van der Waals surface area contributed by atoms with Crippen LogP contribution in [0.5, 0.6) is 5.75 Å². The fourth-order valence-electron chi connectivity index (χ4n) is 2.38. The summed E-state index contributed by atoms with van der Waals surface area (Å²) in [7, 11) is 0. The van der Waals surface area contributed by atoms with Gasteiger partial charge in [-0.2, -0.15) is 0 Å². The van der Waals surface area contributed by atoms with Crippen LogP contribution in [0.3, 0.4) is 0 Å². The summed E-state index contributed by atoms with van der Waals surface area (Å²) >= 11 is 0. The molecular weight excluding hydrogens is 284 g/mol. The molecule has 0 saturated heterocycles. The summed E-state index contributed by atoms with van der Waals surface area (Å²) in [5.41, 5.74) is 0. The molecule has 0 atom stereocenters. The van der Waals surface area contributed by atoms with Gasteiger partial charge in [-0.15, -0.1) is 0 Å². The Labute approximate surface area is 126 Å². The number of ether oxygens (including phenoxy) is 2. The maximum atomic E-state index is 11.7. The number of Topliss-reactive ketones (excluding diaryl/α,β-unsaturated/α-hetero) is 2. The summed E-state index contributed by atoms with van der Waals surface area (Å²) in [5, 5.41) is 2.06. The first kappa shape index (κ1) is 14.3. The van der Waals surface area contributed by atoms with Gasteiger partial charge in [0.05, 0.1) is 0 Å². The third kappa shape index (κ3) is 2.98. The molecule has 2 aromatic rings. The number of rotatable bonds is 4. The van der Waals surface area contributed by atoms with Gasteiger partial charge in [0.15, 0.2) is 18.2 Å². The monoisotopic (exact) mass is 298 g/mol. The number of hydrogen-bond donors (Lipinski definition) is 0. The SMILES string of the molecule is O=C(COc1ccc2ccccc2c1)OC1C(=O)CCC1=O. The van der Waals surface area contributed by atoms with Crippen molar-refractivity contribution in [1.82, 2.24) is 0 Å². The van der Waals surface area contributed by atoms with Gasteiger partial charge < -0.3 is 9.47 Å². The fraction of sp³-hybridized carbons (Fsp3) is 0.235. The minimum absolute atomic E-state index is 0.141. The highest BCUT2D eigenvalue weighted by Crippen LogP contribution is 2.20. The van der Waals surface area contributed by atoms with Gasteiger partial charge in [-0.05, 0) is 22.9 Å². The quantitative estimate of drug-likeness (QED) is 0.638. The summed E-state index contributed by atoms with van der Waals surface area (Å²) in [6, 6.07) is 13.2. The van der Waals surface area contributed by atoms with Gasteiger partial charge in [-0.25, -0.2) is 4.79 Å². The molecule has 1 saturated carbocycles. The lowest BCUT2D eigenvalue weighted by Crippen LogP contribution is -2.30. The third-order valence-electron chi connectivity index (χ3n) is 3.53. The lowest BCUT2D eigenvalue weighted by molar-refractivity contribution is -0.159. The normalized spacial score (nSPS) is 15.3. The van der Waals surface area contributed by atoms with Crippen molar-refractivity contribution in [1.29, 1.82) is 0 Å². The molecule has 0 amide bonds. The molecule has 3 rings (SSSR count). The molecule has 0 aliphatic heterocycles. The second kappa shape index (κ2) is 5.97. The molecule has 0 N–H and O–H groups in total. The average Bonchev–Trinajstić information content (AvgIpc) is 2.84. The van der Waals surface area contributed by atoms with Crippen LogP contribution in [0.4, 0.5) is 0 Å². The van der Waals surface area contributed by atoms with E-state index >= 15 is 0 Å². The first-order valence-corrected chi connectivity index (χ1v) is 7.00. The molecule has 0 heterocycles. The summed E-state index contributed by atoms with van der Waals surface area (Å²) in [6.07, 6.45) is -0.961. The molecular formula is C17H14O5. The zero-order valence-electron chi connectivity index (χ0n) is 11.8. The molecule has 0 aromatic heterocycles. The van der Waals surface area contributed by atoms with E-state index in [2.05, 4.69) is 0 Å². The average molecular weight is 298 g/mol. The van der Waals surface area contributed by atoms with Crippen molar-refractivity contribution >= 4 is 28.3 Å². The third-order valence-corrected chi connectivity index (χ3v) is 3.53. The van der Waals surface area contributed by atoms with Gasteiger partial charge in [-0.1, -0.05) is 30.3 Å². The largest absolute Gasteiger partial charge is 0.482 e. The Hall–Kier alpha value is -2.69. The van der Waals surface area contributed by atoms with Crippen LogP contribution in [0, 0.1) is 0 Å². The van der Waals surface area contributed by atoms with Crippen LogP contribution in [-0.2, 0) is 19.1 Å². The molecule has 1 aliphatic rings. The second-order valence-electron chi connectivity index (χ2n) is 5.10. The van der Waals surface area contributed by atoms with Crippen molar-refractivity contribution in [3.05, 3.63) is 42.5 Å². The van der Waals surface area contributed by atoms with Crippen molar-refractivity contribution in [2.75, 3.05) is 6.61 Å². The van der Waals surface area contributed by atoms with Gasteiger partial charge in [-0.3, -0.25) is 9.59 Å². The molecule has 22 heavy (non-hydrogen) atoms. The Bertz CT molecular complexity index is 734. The van der Waals surface area contributed by atoms with Crippen LogP contribution >= 0.6 is 0 Å². The minimum atomic E-state index is -1.24. The Morgan fingerprint density at radius 3 is 2.41 bits per heavy atom. The predicted molar refractivity (Wildman–Crippen MR) is 78.6 cm³/mol. The van der Waals surface area contributed by atoms with E-state index in [0.29, 0.717) is 5.75 Å². The summed E-state index contributed by atoms with van der Waals surface area (Å²) in [5.74, 6) is -0.880. The fourth-order valence-corrected chi connectivity index (χ4v) is 2.38. The first-order chi connectivity index (χ1) is 10.6. The smallest absolute Gasteiger partial charge is 0.345 e. The number of ketones is 2. The Balaban J connectivity index is 1.60. The zero-order valence-corrected chi connectivity index (χ0v) is 11.8. The number of esters is 1. The van der Waals surface area contributed by atoms with Gasteiger partial charge in [0.1, 0.15) is 5.75 Å². The molecule has 1 aliphatic carbocycles. The van der Waals surface area contributed by atoms with E-state index in [-0.39, 0.29) is 31.0 Å². The van der Waals surface area contributed by atoms with E-state index in [1.54, 1.807) is 6.07 Å². The lowest BCUT2D eigenvalue weighted by atomic mass is 10.1. The second-order valence-corrected chi connectivity index (χ2v) is 5.10. The van der Waals surface area contributed by atoms with Crippen LogP contribution in [-0.4, -0.2) is 30.2 Å². The van der Waals surface area contributed by atoms with Crippen LogP contribution in [0.15, 0.2) is 42.5 Å². The minimum Gasteiger partial charge on any atom is -0.482 e. The predicted octanol–water partition coefficient (Wildman–Crippen LogP) is 2.06. The van der Waals surface area contributed by atoms with E-state index in [0.717, 1.165) is 10.8 Å². The van der Waals surface area contributed by atoms with Crippen molar-refractivity contribution in [2.24, 2.45) is 0 Å². The molecule has 5 heteroatoms. The first-order valence-electron chi connectivity index (χ1n) is 7.00. The van der Waals surface area contributed by atoms with Gasteiger partial charge in [0.25, 0.3) is 0 Å². The summed E-state index contributed by atoms with van der Waals surface area (Å²) < 4.78 is 10.2. The highest BCUT2D eigenvalue weighted by molar-refractivity contribution is 6.12. The van der Waals surface area contributed by atoms with E-state index < -0.39 is 12.1 Å². The zero-order chi connectivity index (χ0) is 15.5. The summed E-state index contributed by atoms with van der Waals surface area (Å²) in [4.78, 5) is 34.5. The number of hydrogen-bond acceptors (Lipinski definition) is 5. The summed E-state index contributed by atoms with van der Waals surface area (Å²) in [6.45, 7) is -0.338. The lowest BCUT2D eigenvalue weighted by Gasteiger charge is -2.10. The maximum Gasteiger partial charge on any atom is 0.345 e. The molecule has 0 unspecified atom stereocenters. The molecule has 1 fully saturated rings. The van der Waals surface area contributed by atoms with Crippen molar-refractivity contribution in [2.45, 2.75) is 18.9 Å². The Morgan fingerprint density at radius 1 is 1.00 bits per heavy atom. The van der Waals surface area contributed by atoms with E-state index in [1.807, 2.05) is 36.4 Å². The van der Waals surface area contributed by atoms with E-state index in [9.17, 15) is 14.4 Å². The molecule has 0 bridgehead atoms. The molecule has 5 nitrogen and oxygen atoms in total. The molecule has 0 radical (unpaired) electrons. The van der Waals surface area contributed by atoms with Gasteiger partial charge in [0.2, 0.25) is 6.10 Å². The van der Waals surface area contributed by atoms with Crippen molar-refractivity contribution in [3.8, 4) is 5.75 Å². The van der Waals surface area contributed by atoms with Crippen LogP contribution in [0.2, 0.25) is 0 Å². The van der Waals surface area contributed by atoms with Gasteiger partial charge >= 0.3 is 5.97 Å². The van der Waals surface area contributed by atoms with E-state index in [1.165, 1.54) is 0 Å². The number of benzene rings is 2. The number of fused-ring (bicyclic) bond motifs is 1.